The van der Waals surface area contributed by atoms with Crippen LogP contribution in [0.2, 0.25) is 0 Å². The van der Waals surface area contributed by atoms with Crippen molar-refractivity contribution in [3.8, 4) is 17.2 Å². The predicted octanol–water partition coefficient (Wildman–Crippen LogP) is 3.85. The highest BCUT2D eigenvalue weighted by Crippen LogP contribution is 2.37. The number of rotatable bonds is 6. The molecule has 5 nitrogen and oxygen atoms in total. The Morgan fingerprint density at radius 1 is 0.769 bits per heavy atom. The second kappa shape index (κ2) is 7.89. The summed E-state index contributed by atoms with van der Waals surface area (Å²) >= 11 is 0. The molecule has 2 aromatic rings. The Hall–Kier alpha value is -3.04. The summed E-state index contributed by atoms with van der Waals surface area (Å²) in [6, 6.07) is 2.93. The van der Waals surface area contributed by atoms with Crippen molar-refractivity contribution in [2.24, 2.45) is 5.10 Å². The summed E-state index contributed by atoms with van der Waals surface area (Å²) in [4.78, 5) is 0. The first-order valence-corrected chi connectivity index (χ1v) is 6.96. The van der Waals surface area contributed by atoms with Crippen LogP contribution >= 0.6 is 0 Å². The normalized spacial score (nSPS) is 10.9. The lowest BCUT2D eigenvalue weighted by Crippen LogP contribution is -2.06. The zero-order valence-corrected chi connectivity index (χ0v) is 13.8. The molecule has 0 heterocycles. The van der Waals surface area contributed by atoms with Crippen LogP contribution in [0.25, 0.3) is 0 Å². The highest BCUT2D eigenvalue weighted by Gasteiger charge is 2.25. The van der Waals surface area contributed by atoms with Crippen molar-refractivity contribution in [1.29, 1.82) is 0 Å². The molecule has 10 heteroatoms. The lowest BCUT2D eigenvalue weighted by Gasteiger charge is -2.12. The minimum atomic E-state index is -2.25. The maximum atomic E-state index is 13.6. The van der Waals surface area contributed by atoms with E-state index < -0.39 is 34.8 Å². The van der Waals surface area contributed by atoms with Crippen LogP contribution in [0.3, 0.4) is 0 Å². The minimum absolute atomic E-state index is 0.282. The molecule has 0 unspecified atom stereocenters. The van der Waals surface area contributed by atoms with Gasteiger partial charge in [0, 0.05) is 5.56 Å². The lowest BCUT2D eigenvalue weighted by molar-refractivity contribution is 0.324. The van der Waals surface area contributed by atoms with Crippen LogP contribution in [0.5, 0.6) is 17.2 Å². The first-order chi connectivity index (χ1) is 12.3. The van der Waals surface area contributed by atoms with Gasteiger partial charge in [-0.3, -0.25) is 5.43 Å². The Bertz CT molecular complexity index is 804. The van der Waals surface area contributed by atoms with E-state index in [0.717, 1.165) is 6.21 Å². The Morgan fingerprint density at radius 2 is 1.23 bits per heavy atom. The van der Waals surface area contributed by atoms with E-state index in [0.29, 0.717) is 11.3 Å². The van der Waals surface area contributed by atoms with Gasteiger partial charge in [-0.15, -0.1) is 0 Å². The highest BCUT2D eigenvalue weighted by atomic mass is 19.2. The van der Waals surface area contributed by atoms with Crippen molar-refractivity contribution < 1.29 is 36.2 Å². The Morgan fingerprint density at radius 3 is 1.65 bits per heavy atom. The fourth-order valence-electron chi connectivity index (χ4n) is 2.05. The van der Waals surface area contributed by atoms with E-state index in [2.05, 4.69) is 5.10 Å². The summed E-state index contributed by atoms with van der Waals surface area (Å²) in [5, 5.41) is 3.49. The molecule has 0 aliphatic rings. The molecule has 0 atom stereocenters. The number of methoxy groups -OCH3 is 3. The van der Waals surface area contributed by atoms with Gasteiger partial charge >= 0.3 is 0 Å². The maximum Gasteiger partial charge on any atom is 0.203 e. The topological polar surface area (TPSA) is 52.1 Å². The molecule has 140 valence electrons. The molecule has 0 aromatic heterocycles. The van der Waals surface area contributed by atoms with Gasteiger partial charge in [0.15, 0.2) is 34.8 Å². The van der Waals surface area contributed by atoms with E-state index >= 15 is 0 Å². The molecule has 0 saturated heterocycles. The molecular formula is C16H13F5N2O3. The number of hydrazone groups is 1. The molecule has 2 rings (SSSR count). The molecule has 0 aliphatic carbocycles. The monoisotopic (exact) mass is 376 g/mol. The van der Waals surface area contributed by atoms with E-state index in [4.69, 9.17) is 14.2 Å². The van der Waals surface area contributed by atoms with Crippen molar-refractivity contribution in [1.82, 2.24) is 0 Å². The van der Waals surface area contributed by atoms with Gasteiger partial charge in [0.05, 0.1) is 27.5 Å². The van der Waals surface area contributed by atoms with Gasteiger partial charge in [0.1, 0.15) is 5.69 Å². The van der Waals surface area contributed by atoms with Crippen LogP contribution in [0.4, 0.5) is 27.6 Å². The summed E-state index contributed by atoms with van der Waals surface area (Å²) < 4.78 is 81.7. The van der Waals surface area contributed by atoms with Gasteiger partial charge in [-0.2, -0.15) is 5.10 Å². The van der Waals surface area contributed by atoms with E-state index in [-0.39, 0.29) is 11.5 Å². The minimum Gasteiger partial charge on any atom is -0.493 e. The first kappa shape index (κ1) is 19.3. The predicted molar refractivity (Wildman–Crippen MR) is 83.5 cm³/mol. The Balaban J connectivity index is 2.35. The van der Waals surface area contributed by atoms with Crippen molar-refractivity contribution in [2.45, 2.75) is 0 Å². The summed E-state index contributed by atoms with van der Waals surface area (Å²) in [6.07, 6.45) is 1.07. The van der Waals surface area contributed by atoms with Crippen LogP contribution in [0.15, 0.2) is 17.2 Å². The first-order valence-electron chi connectivity index (χ1n) is 6.96. The van der Waals surface area contributed by atoms with E-state index in [1.54, 1.807) is 5.43 Å². The van der Waals surface area contributed by atoms with Crippen LogP contribution in [-0.4, -0.2) is 27.5 Å². The second-order valence-corrected chi connectivity index (χ2v) is 4.77. The average molecular weight is 376 g/mol. The lowest BCUT2D eigenvalue weighted by atomic mass is 10.2. The third kappa shape index (κ3) is 3.48. The van der Waals surface area contributed by atoms with Gasteiger partial charge < -0.3 is 14.2 Å². The van der Waals surface area contributed by atoms with Gasteiger partial charge in [-0.05, 0) is 12.1 Å². The smallest absolute Gasteiger partial charge is 0.203 e. The van der Waals surface area contributed by atoms with Crippen molar-refractivity contribution in [3.05, 3.63) is 46.8 Å². The van der Waals surface area contributed by atoms with Gasteiger partial charge in [0.25, 0.3) is 0 Å². The van der Waals surface area contributed by atoms with E-state index in [9.17, 15) is 22.0 Å². The Labute approximate surface area is 145 Å². The fourth-order valence-corrected chi connectivity index (χ4v) is 2.05. The summed E-state index contributed by atoms with van der Waals surface area (Å²) in [5.74, 6) is -9.58. The molecule has 0 saturated carbocycles. The molecule has 0 amide bonds. The fraction of sp³-hybridized carbons (Fsp3) is 0.188. The summed E-state index contributed by atoms with van der Waals surface area (Å²) in [6.45, 7) is 0. The third-order valence-electron chi connectivity index (χ3n) is 3.29. The van der Waals surface area contributed by atoms with E-state index in [1.807, 2.05) is 0 Å². The quantitative estimate of drug-likeness (QED) is 0.274. The number of halogens is 5. The number of hydrogen-bond acceptors (Lipinski definition) is 5. The number of benzene rings is 2. The van der Waals surface area contributed by atoms with Gasteiger partial charge in [-0.25, -0.2) is 22.0 Å². The maximum absolute atomic E-state index is 13.6. The molecule has 2 aromatic carbocycles. The number of hydrogen-bond donors (Lipinski definition) is 1. The molecule has 1 N–H and O–H groups in total. The number of nitrogens with zero attached hydrogens (tertiary/aromatic N) is 1. The Kier molecular flexibility index (Phi) is 5.86. The van der Waals surface area contributed by atoms with Crippen LogP contribution < -0.4 is 19.6 Å². The molecular weight excluding hydrogens is 363 g/mol. The van der Waals surface area contributed by atoms with Crippen LogP contribution in [-0.2, 0) is 0 Å². The summed E-state index contributed by atoms with van der Waals surface area (Å²) in [5.41, 5.74) is 0.872. The molecule has 0 spiro atoms. The molecule has 0 fully saturated rings. The standard InChI is InChI=1S/C16H13F5N2O3/c1-24-8-4-7(5-9(25-2)16(8)26-3)6-22-23-15-13(20)11(18)10(17)12(19)14(15)21/h4-6,23H,1-3H3/b22-6-. The zero-order valence-electron chi connectivity index (χ0n) is 13.8. The largest absolute Gasteiger partial charge is 0.493 e. The molecule has 0 bridgehead atoms. The average Bonchev–Trinajstić information content (AvgIpc) is 2.66. The van der Waals surface area contributed by atoms with Crippen LogP contribution in [0.1, 0.15) is 5.56 Å². The summed E-state index contributed by atoms with van der Waals surface area (Å²) in [7, 11) is 4.16. The molecule has 0 radical (unpaired) electrons. The van der Waals surface area contributed by atoms with Crippen molar-refractivity contribution in [2.75, 3.05) is 26.8 Å². The van der Waals surface area contributed by atoms with Gasteiger partial charge in [0.2, 0.25) is 11.6 Å². The van der Waals surface area contributed by atoms with E-state index in [1.165, 1.54) is 33.5 Å². The van der Waals surface area contributed by atoms with Crippen molar-refractivity contribution >= 4 is 11.9 Å². The highest BCUT2D eigenvalue weighted by molar-refractivity contribution is 5.83. The number of ether oxygens (including phenoxy) is 3. The molecule has 0 aliphatic heterocycles. The molecule has 26 heavy (non-hydrogen) atoms. The number of nitrogens with one attached hydrogen (secondary N) is 1. The van der Waals surface area contributed by atoms with Crippen molar-refractivity contribution in [3.63, 3.8) is 0 Å². The SMILES string of the molecule is COc1cc(/C=N\Nc2c(F)c(F)c(F)c(F)c2F)cc(OC)c1OC. The second-order valence-electron chi connectivity index (χ2n) is 4.77. The third-order valence-corrected chi connectivity index (χ3v) is 3.29. The van der Waals surface area contributed by atoms with Gasteiger partial charge in [-0.1, -0.05) is 0 Å². The number of anilines is 1. The van der Waals surface area contributed by atoms with Crippen LogP contribution in [0, 0.1) is 29.1 Å². The zero-order chi connectivity index (χ0) is 19.4.